The van der Waals surface area contributed by atoms with Gasteiger partial charge in [-0.2, -0.15) is 0 Å². The van der Waals surface area contributed by atoms with E-state index in [1.807, 2.05) is 33.8 Å². The third-order valence-corrected chi connectivity index (χ3v) is 4.21. The number of benzene rings is 1. The highest BCUT2D eigenvalue weighted by Gasteiger charge is 2.20. The van der Waals surface area contributed by atoms with Crippen LogP contribution in [0.15, 0.2) is 29.4 Å². The number of hydrogen-bond acceptors (Lipinski definition) is 3. The van der Waals surface area contributed by atoms with Gasteiger partial charge in [0, 0.05) is 24.0 Å². The molecule has 0 heterocycles. The van der Waals surface area contributed by atoms with Crippen molar-refractivity contribution in [1.29, 1.82) is 0 Å². The number of carbonyl (C=O) groups is 1. The summed E-state index contributed by atoms with van der Waals surface area (Å²) < 4.78 is 0. The highest BCUT2D eigenvalue weighted by Crippen LogP contribution is 2.36. The van der Waals surface area contributed by atoms with Gasteiger partial charge in [-0.05, 0) is 52.5 Å². The highest BCUT2D eigenvalue weighted by molar-refractivity contribution is 5.91. The molecule has 0 unspecified atom stereocenters. The van der Waals surface area contributed by atoms with Crippen molar-refractivity contribution in [3.8, 4) is 23.3 Å². The summed E-state index contributed by atoms with van der Waals surface area (Å²) in [5, 5.41) is 30.2. The predicted molar refractivity (Wildman–Crippen MR) is 109 cm³/mol. The Kier molecular flexibility index (Phi) is 9.22. The van der Waals surface area contributed by atoms with E-state index in [1.54, 1.807) is 0 Å². The van der Waals surface area contributed by atoms with Crippen LogP contribution in [0.4, 0.5) is 0 Å². The van der Waals surface area contributed by atoms with Crippen LogP contribution < -0.4 is 0 Å². The third-order valence-electron chi connectivity index (χ3n) is 4.21. The Balaban J connectivity index is 3.09. The van der Waals surface area contributed by atoms with E-state index in [4.69, 9.17) is 0 Å². The molecule has 146 valence electrons. The van der Waals surface area contributed by atoms with Gasteiger partial charge in [-0.15, -0.1) is 5.92 Å². The number of phenolic OH excluding ortho intramolecular Hbond substituents is 2. The van der Waals surface area contributed by atoms with Crippen LogP contribution >= 0.6 is 0 Å². The molecule has 4 nitrogen and oxygen atoms in total. The molecule has 0 amide bonds. The predicted octanol–water partition coefficient (Wildman–Crippen LogP) is 5.38. The summed E-state index contributed by atoms with van der Waals surface area (Å²) in [6.07, 6.45) is 7.98. The van der Waals surface area contributed by atoms with Gasteiger partial charge in [0.2, 0.25) is 0 Å². The summed E-state index contributed by atoms with van der Waals surface area (Å²) >= 11 is 0. The number of hydrogen-bond donors (Lipinski definition) is 3. The largest absolute Gasteiger partial charge is 0.504 e. The van der Waals surface area contributed by atoms with Crippen molar-refractivity contribution in [2.24, 2.45) is 0 Å². The first kappa shape index (κ1) is 22.4. The molecule has 0 saturated carbocycles. The molecule has 0 aromatic heterocycles. The Morgan fingerprint density at radius 1 is 1.11 bits per heavy atom. The lowest BCUT2D eigenvalue weighted by Gasteiger charge is -2.12. The molecule has 0 spiro atoms. The number of allylic oxidation sites excluding steroid dienone is 4. The normalized spacial score (nSPS) is 10.9. The van der Waals surface area contributed by atoms with Crippen LogP contribution in [0.5, 0.6) is 11.5 Å². The number of aromatic carboxylic acids is 1. The van der Waals surface area contributed by atoms with E-state index >= 15 is 0 Å². The number of rotatable bonds is 8. The van der Waals surface area contributed by atoms with E-state index in [1.165, 1.54) is 11.6 Å². The van der Waals surface area contributed by atoms with Crippen molar-refractivity contribution in [3.05, 3.63) is 46.1 Å². The molecule has 1 aromatic carbocycles. The maximum atomic E-state index is 11.6. The summed E-state index contributed by atoms with van der Waals surface area (Å²) in [5.74, 6) is 4.09. The molecule has 3 N–H and O–H groups in total. The Bertz CT molecular complexity index is 785. The lowest BCUT2D eigenvalue weighted by atomic mass is 9.96. The minimum Gasteiger partial charge on any atom is -0.504 e. The Morgan fingerprint density at radius 2 is 1.81 bits per heavy atom. The quantitative estimate of drug-likeness (QED) is 0.326. The van der Waals surface area contributed by atoms with E-state index in [9.17, 15) is 20.1 Å². The lowest BCUT2D eigenvalue weighted by molar-refractivity contribution is 0.0695. The van der Waals surface area contributed by atoms with Crippen LogP contribution in [0.25, 0.3) is 0 Å². The minimum atomic E-state index is -1.13. The van der Waals surface area contributed by atoms with Gasteiger partial charge in [0.1, 0.15) is 0 Å². The second kappa shape index (κ2) is 11.1. The zero-order valence-corrected chi connectivity index (χ0v) is 16.7. The molecule has 0 saturated heterocycles. The Hall–Kier alpha value is -2.67. The average Bonchev–Trinajstić information content (AvgIpc) is 2.60. The fourth-order valence-corrected chi connectivity index (χ4v) is 2.62. The Labute approximate surface area is 162 Å². The molecule has 0 fully saturated rings. The van der Waals surface area contributed by atoms with Gasteiger partial charge in [0.05, 0.1) is 5.56 Å². The lowest BCUT2D eigenvalue weighted by Crippen LogP contribution is -2.04. The molecule has 1 aromatic rings. The minimum absolute atomic E-state index is 0.00550. The van der Waals surface area contributed by atoms with Crippen LogP contribution in [0.1, 0.15) is 74.9 Å². The first-order valence-electron chi connectivity index (χ1n) is 9.32. The molecule has 0 aliphatic heterocycles. The summed E-state index contributed by atoms with van der Waals surface area (Å²) in [7, 11) is 0. The topological polar surface area (TPSA) is 77.8 Å². The monoisotopic (exact) mass is 370 g/mol. The van der Waals surface area contributed by atoms with Crippen LogP contribution in [0.3, 0.4) is 0 Å². The second-order valence-corrected chi connectivity index (χ2v) is 6.92. The van der Waals surface area contributed by atoms with Crippen molar-refractivity contribution in [3.63, 3.8) is 0 Å². The molecular formula is C23H30O4. The number of carboxylic acid groups (broad SMARTS) is 1. The first-order chi connectivity index (χ1) is 12.8. The van der Waals surface area contributed by atoms with Crippen molar-refractivity contribution < 1.29 is 20.1 Å². The van der Waals surface area contributed by atoms with E-state index in [2.05, 4.69) is 17.9 Å². The van der Waals surface area contributed by atoms with Crippen LogP contribution in [0, 0.1) is 11.8 Å². The molecule has 0 radical (unpaired) electrons. The SMILES string of the molecule is CCCC#CCc1cc(C(=O)O)c(C/C=C(\C)CCC=C(C)C)c(O)c1O. The summed E-state index contributed by atoms with van der Waals surface area (Å²) in [4.78, 5) is 11.6. The van der Waals surface area contributed by atoms with Crippen molar-refractivity contribution >= 4 is 5.97 Å². The average molecular weight is 370 g/mol. The zero-order valence-electron chi connectivity index (χ0n) is 16.7. The van der Waals surface area contributed by atoms with Gasteiger partial charge >= 0.3 is 5.97 Å². The van der Waals surface area contributed by atoms with Crippen LogP contribution in [-0.4, -0.2) is 21.3 Å². The van der Waals surface area contributed by atoms with Gasteiger partial charge in [0.15, 0.2) is 11.5 Å². The highest BCUT2D eigenvalue weighted by atomic mass is 16.4. The summed E-state index contributed by atoms with van der Waals surface area (Å²) in [6.45, 7) is 8.10. The van der Waals surface area contributed by atoms with E-state index in [-0.39, 0.29) is 35.5 Å². The Morgan fingerprint density at radius 3 is 2.41 bits per heavy atom. The first-order valence-corrected chi connectivity index (χ1v) is 9.32. The molecular weight excluding hydrogens is 340 g/mol. The van der Waals surface area contributed by atoms with Crippen LogP contribution in [-0.2, 0) is 12.8 Å². The fraction of sp³-hybridized carbons (Fsp3) is 0.435. The third kappa shape index (κ3) is 7.22. The maximum Gasteiger partial charge on any atom is 0.336 e. The van der Waals surface area contributed by atoms with E-state index in [0.29, 0.717) is 5.56 Å². The summed E-state index contributed by atoms with van der Waals surface area (Å²) in [5.41, 5.74) is 2.94. The van der Waals surface area contributed by atoms with Gasteiger partial charge in [-0.1, -0.05) is 36.1 Å². The number of carboxylic acids is 1. The van der Waals surface area contributed by atoms with Gasteiger partial charge in [-0.3, -0.25) is 0 Å². The molecule has 0 bridgehead atoms. The van der Waals surface area contributed by atoms with E-state index < -0.39 is 5.97 Å². The maximum absolute atomic E-state index is 11.6. The fourth-order valence-electron chi connectivity index (χ4n) is 2.62. The number of phenols is 2. The zero-order chi connectivity index (χ0) is 20.4. The standard InChI is InChI=1S/C23H30O4/c1-5-6-7-8-12-18-15-20(23(26)27)19(22(25)21(18)24)14-13-17(4)11-9-10-16(2)3/h10,13,15,24-25H,5-6,9,11-12,14H2,1-4H3,(H,26,27)/b17-13+. The number of unbranched alkanes of at least 4 members (excludes halogenated alkanes) is 1. The molecule has 0 atom stereocenters. The second-order valence-electron chi connectivity index (χ2n) is 6.92. The molecule has 1 rings (SSSR count). The molecule has 0 aliphatic carbocycles. The van der Waals surface area contributed by atoms with E-state index in [0.717, 1.165) is 31.3 Å². The smallest absolute Gasteiger partial charge is 0.336 e. The van der Waals surface area contributed by atoms with Gasteiger partial charge < -0.3 is 15.3 Å². The number of aromatic hydroxyl groups is 2. The van der Waals surface area contributed by atoms with Crippen molar-refractivity contribution in [2.45, 2.75) is 66.2 Å². The van der Waals surface area contributed by atoms with Crippen molar-refractivity contribution in [2.75, 3.05) is 0 Å². The summed E-state index contributed by atoms with van der Waals surface area (Å²) in [6, 6.07) is 1.42. The molecule has 27 heavy (non-hydrogen) atoms. The molecule has 0 aliphatic rings. The van der Waals surface area contributed by atoms with Gasteiger partial charge in [-0.25, -0.2) is 4.79 Å². The van der Waals surface area contributed by atoms with Gasteiger partial charge in [0.25, 0.3) is 0 Å². The van der Waals surface area contributed by atoms with Crippen molar-refractivity contribution in [1.82, 2.24) is 0 Å². The van der Waals surface area contributed by atoms with Crippen LogP contribution in [0.2, 0.25) is 0 Å². The molecule has 4 heteroatoms.